The van der Waals surface area contributed by atoms with Gasteiger partial charge in [-0.2, -0.15) is 0 Å². The van der Waals surface area contributed by atoms with Gasteiger partial charge in [0.1, 0.15) is 0 Å². The Kier molecular flexibility index (Phi) is 4.16. The van der Waals surface area contributed by atoms with Crippen LogP contribution in [0.1, 0.15) is 18.5 Å². The van der Waals surface area contributed by atoms with E-state index < -0.39 is 5.60 Å². The third kappa shape index (κ3) is 3.19. The number of nitrogens with zero attached hydrogens (tertiary/aromatic N) is 2. The van der Waals surface area contributed by atoms with E-state index in [0.717, 1.165) is 5.69 Å². The second-order valence-electron chi connectivity index (χ2n) is 4.86. The highest BCUT2D eigenvalue weighted by Crippen LogP contribution is 2.24. The van der Waals surface area contributed by atoms with Gasteiger partial charge < -0.3 is 19.8 Å². The maximum atomic E-state index is 10.4. The largest absolute Gasteiger partial charge is 0.390 e. The van der Waals surface area contributed by atoms with Gasteiger partial charge in [0.15, 0.2) is 0 Å². The van der Waals surface area contributed by atoms with E-state index in [9.17, 15) is 5.11 Å². The van der Waals surface area contributed by atoms with Crippen molar-refractivity contribution in [1.29, 1.82) is 0 Å². The molecule has 0 saturated carbocycles. The van der Waals surface area contributed by atoms with E-state index >= 15 is 0 Å². The minimum atomic E-state index is -0.685. The van der Waals surface area contributed by atoms with Crippen LogP contribution in [0.2, 0.25) is 0 Å². The predicted octanol–water partition coefficient (Wildman–Crippen LogP) is 0.552. The van der Waals surface area contributed by atoms with Crippen LogP contribution in [-0.2, 0) is 11.3 Å². The Bertz CT molecular complexity index is 392. The molecule has 1 aliphatic rings. The van der Waals surface area contributed by atoms with Crippen molar-refractivity contribution in [2.45, 2.75) is 25.0 Å². The molecule has 0 bridgehead atoms. The molecule has 1 saturated heterocycles. The van der Waals surface area contributed by atoms with Gasteiger partial charge in [-0.3, -0.25) is 4.98 Å². The van der Waals surface area contributed by atoms with Gasteiger partial charge in [-0.15, -0.1) is 0 Å². The van der Waals surface area contributed by atoms with E-state index in [-0.39, 0.29) is 6.61 Å². The molecule has 100 valence electrons. The Hall–Kier alpha value is -1.17. The first-order chi connectivity index (χ1) is 8.63. The maximum Gasteiger partial charge on any atom is 0.0865 e. The van der Waals surface area contributed by atoms with Gasteiger partial charge in [0.2, 0.25) is 0 Å². The highest BCUT2D eigenvalue weighted by atomic mass is 16.5. The number of likely N-dealkylation sites (N-methyl/N-ethyl adjacent to an activating group) is 1. The van der Waals surface area contributed by atoms with Gasteiger partial charge in [0, 0.05) is 51.5 Å². The lowest BCUT2D eigenvalue weighted by molar-refractivity contribution is -0.0572. The summed E-state index contributed by atoms with van der Waals surface area (Å²) in [5.41, 5.74) is 0.905. The molecule has 0 aliphatic carbocycles. The Morgan fingerprint density at radius 3 is 2.83 bits per heavy atom. The molecule has 0 atom stereocenters. The van der Waals surface area contributed by atoms with Crippen LogP contribution in [0.25, 0.3) is 0 Å². The molecule has 2 heterocycles. The fourth-order valence-electron chi connectivity index (χ4n) is 2.23. The molecule has 0 radical (unpaired) electrons. The molecule has 18 heavy (non-hydrogen) atoms. The number of aromatic nitrogens is 1. The fraction of sp³-hybridized carbons (Fsp3) is 0.615. The monoisotopic (exact) mass is 252 g/mol. The van der Waals surface area contributed by atoms with Crippen molar-refractivity contribution in [3.8, 4) is 0 Å². The Morgan fingerprint density at radius 1 is 1.44 bits per heavy atom. The van der Waals surface area contributed by atoms with E-state index in [1.54, 1.807) is 6.20 Å². The van der Waals surface area contributed by atoms with Crippen LogP contribution in [-0.4, -0.2) is 47.6 Å². The number of aliphatic hydroxyl groups excluding tert-OH is 1. The van der Waals surface area contributed by atoms with Gasteiger partial charge in [-0.1, -0.05) is 0 Å². The van der Waals surface area contributed by atoms with Crippen molar-refractivity contribution in [3.63, 3.8) is 0 Å². The van der Waals surface area contributed by atoms with Crippen molar-refractivity contribution in [3.05, 3.63) is 24.0 Å². The van der Waals surface area contributed by atoms with Gasteiger partial charge in [0.25, 0.3) is 0 Å². The van der Waals surface area contributed by atoms with Crippen LogP contribution in [0.15, 0.2) is 18.3 Å². The smallest absolute Gasteiger partial charge is 0.0865 e. The summed E-state index contributed by atoms with van der Waals surface area (Å²) in [6, 6.07) is 3.71. The lowest BCUT2D eigenvalue weighted by Gasteiger charge is -2.36. The minimum Gasteiger partial charge on any atom is -0.390 e. The van der Waals surface area contributed by atoms with Crippen molar-refractivity contribution in [2.24, 2.45) is 0 Å². The summed E-state index contributed by atoms with van der Waals surface area (Å²) in [5, 5.41) is 19.5. The highest BCUT2D eigenvalue weighted by Gasteiger charge is 2.31. The Morgan fingerprint density at radius 2 is 2.17 bits per heavy atom. The van der Waals surface area contributed by atoms with Crippen LogP contribution in [0.5, 0.6) is 0 Å². The topological polar surface area (TPSA) is 65.8 Å². The quantitative estimate of drug-likeness (QED) is 0.819. The van der Waals surface area contributed by atoms with Crippen LogP contribution in [0.4, 0.5) is 5.69 Å². The first-order valence-electron chi connectivity index (χ1n) is 6.20. The molecule has 1 fully saturated rings. The normalized spacial score (nSPS) is 18.6. The van der Waals surface area contributed by atoms with Crippen molar-refractivity contribution in [1.82, 2.24) is 4.98 Å². The molecule has 1 aliphatic heterocycles. The zero-order chi connectivity index (χ0) is 13.0. The molecule has 2 N–H and O–H groups in total. The predicted molar refractivity (Wildman–Crippen MR) is 68.4 cm³/mol. The molecule has 0 aromatic carbocycles. The van der Waals surface area contributed by atoms with Crippen LogP contribution in [0.3, 0.4) is 0 Å². The van der Waals surface area contributed by atoms with E-state index in [0.29, 0.717) is 38.3 Å². The first-order valence-corrected chi connectivity index (χ1v) is 6.20. The van der Waals surface area contributed by atoms with Gasteiger partial charge >= 0.3 is 0 Å². The number of hydrogen-bond donors (Lipinski definition) is 2. The number of anilines is 1. The molecule has 1 aromatic rings. The number of hydrogen-bond acceptors (Lipinski definition) is 5. The number of ether oxygens (including phenoxy) is 1. The van der Waals surface area contributed by atoms with E-state index in [1.165, 1.54) is 0 Å². The van der Waals surface area contributed by atoms with E-state index in [2.05, 4.69) is 4.98 Å². The van der Waals surface area contributed by atoms with Gasteiger partial charge in [-0.05, 0) is 12.1 Å². The molecule has 2 rings (SSSR count). The zero-order valence-electron chi connectivity index (χ0n) is 10.7. The summed E-state index contributed by atoms with van der Waals surface area (Å²) in [5.74, 6) is 0. The third-order valence-electron chi connectivity index (χ3n) is 3.36. The van der Waals surface area contributed by atoms with Crippen LogP contribution >= 0.6 is 0 Å². The summed E-state index contributed by atoms with van der Waals surface area (Å²) in [7, 11) is 1.93. The highest BCUT2D eigenvalue weighted by molar-refractivity contribution is 5.46. The third-order valence-corrected chi connectivity index (χ3v) is 3.36. The molecular formula is C13H20N2O3. The van der Waals surface area contributed by atoms with E-state index in [1.807, 2.05) is 24.1 Å². The Balaban J connectivity index is 2.03. The standard InChI is InChI=1S/C13H20N2O3/c1-15(10-13(17)3-6-18-7-4-13)12-2-5-14-11(8-12)9-16/h2,5,8,16-17H,3-4,6-7,9-10H2,1H3. The maximum absolute atomic E-state index is 10.4. The zero-order valence-corrected chi connectivity index (χ0v) is 10.7. The second-order valence-corrected chi connectivity index (χ2v) is 4.86. The summed E-state index contributed by atoms with van der Waals surface area (Å²) >= 11 is 0. The minimum absolute atomic E-state index is 0.0697. The summed E-state index contributed by atoms with van der Waals surface area (Å²) in [6.45, 7) is 1.72. The molecule has 5 nitrogen and oxygen atoms in total. The molecule has 5 heteroatoms. The lowest BCUT2D eigenvalue weighted by Crippen LogP contribution is -2.45. The molecular weight excluding hydrogens is 232 g/mol. The number of pyridine rings is 1. The van der Waals surface area contributed by atoms with Crippen molar-refractivity contribution in [2.75, 3.05) is 31.7 Å². The van der Waals surface area contributed by atoms with Crippen LogP contribution < -0.4 is 4.90 Å². The molecule has 0 unspecified atom stereocenters. The second kappa shape index (κ2) is 5.65. The Labute approximate surface area is 107 Å². The molecule has 1 aromatic heterocycles. The van der Waals surface area contributed by atoms with E-state index in [4.69, 9.17) is 9.84 Å². The molecule has 0 spiro atoms. The summed E-state index contributed by atoms with van der Waals surface area (Å²) in [4.78, 5) is 6.04. The molecule has 0 amide bonds. The number of aliphatic hydroxyl groups is 2. The summed E-state index contributed by atoms with van der Waals surface area (Å²) < 4.78 is 5.27. The fourth-order valence-corrected chi connectivity index (χ4v) is 2.23. The van der Waals surface area contributed by atoms with Crippen molar-refractivity contribution < 1.29 is 14.9 Å². The average molecular weight is 252 g/mol. The summed E-state index contributed by atoms with van der Waals surface area (Å²) in [6.07, 6.45) is 3.00. The van der Waals surface area contributed by atoms with Crippen molar-refractivity contribution >= 4 is 5.69 Å². The SMILES string of the molecule is CN(CC1(O)CCOCC1)c1ccnc(CO)c1. The van der Waals surface area contributed by atoms with Gasteiger partial charge in [0.05, 0.1) is 17.9 Å². The first kappa shape index (κ1) is 13.3. The average Bonchev–Trinajstić information content (AvgIpc) is 2.39. The lowest BCUT2D eigenvalue weighted by atomic mass is 9.94. The van der Waals surface area contributed by atoms with Crippen LogP contribution in [0, 0.1) is 0 Å². The number of rotatable bonds is 4. The van der Waals surface area contributed by atoms with Gasteiger partial charge in [-0.25, -0.2) is 0 Å².